The van der Waals surface area contributed by atoms with E-state index < -0.39 is 0 Å². The van der Waals surface area contributed by atoms with Crippen LogP contribution in [-0.2, 0) is 16.0 Å². The van der Waals surface area contributed by atoms with Crippen molar-refractivity contribution in [3.8, 4) is 0 Å². The second kappa shape index (κ2) is 9.24. The Balaban J connectivity index is 1.43. The fourth-order valence-electron chi connectivity index (χ4n) is 3.44. The number of nitrogens with one attached hydrogen (secondary N) is 1. The molecule has 0 unspecified atom stereocenters. The molecule has 0 spiro atoms. The highest BCUT2D eigenvalue weighted by Gasteiger charge is 2.30. The van der Waals surface area contributed by atoms with Gasteiger partial charge in [-0.3, -0.25) is 4.79 Å². The van der Waals surface area contributed by atoms with E-state index in [9.17, 15) is 9.59 Å². The summed E-state index contributed by atoms with van der Waals surface area (Å²) in [6.07, 6.45) is 3.01. The van der Waals surface area contributed by atoms with Crippen molar-refractivity contribution in [3.63, 3.8) is 0 Å². The van der Waals surface area contributed by atoms with Crippen LogP contribution < -0.4 is 5.32 Å². The third kappa shape index (κ3) is 5.11. The molecule has 1 aromatic rings. The molecule has 2 heterocycles. The average Bonchev–Trinajstić information content (AvgIpc) is 3.05. The summed E-state index contributed by atoms with van der Waals surface area (Å²) in [5, 5.41) is 3.67. The lowest BCUT2D eigenvalue weighted by Crippen LogP contribution is -2.44. The molecule has 0 saturated carbocycles. The van der Waals surface area contributed by atoms with Crippen LogP contribution >= 0.6 is 11.6 Å². The molecular formula is C19H26ClN3O3. The third-order valence-corrected chi connectivity index (χ3v) is 5.11. The standard InChI is InChI=1S/C19H26ClN3O3/c20-16-5-1-4-15(14-16)7-8-21-19(25)23-10-3-9-22(11-12-23)18(24)17-6-2-13-26-17/h1,4-5,14,17H,2-3,6-13H2,(H,21,25)/t17-/m1/s1. The van der Waals surface area contributed by atoms with E-state index in [2.05, 4.69) is 5.32 Å². The minimum Gasteiger partial charge on any atom is -0.368 e. The molecule has 0 aliphatic carbocycles. The lowest BCUT2D eigenvalue weighted by Gasteiger charge is -2.24. The number of rotatable bonds is 4. The molecule has 2 aliphatic rings. The Morgan fingerprint density at radius 1 is 1.15 bits per heavy atom. The molecule has 1 aromatic carbocycles. The number of carbonyl (C=O) groups excluding carboxylic acids is 2. The minimum atomic E-state index is -0.284. The van der Waals surface area contributed by atoms with E-state index >= 15 is 0 Å². The lowest BCUT2D eigenvalue weighted by atomic mass is 10.1. The Morgan fingerprint density at radius 2 is 1.96 bits per heavy atom. The van der Waals surface area contributed by atoms with Gasteiger partial charge in [0.05, 0.1) is 0 Å². The molecule has 3 rings (SSSR count). The van der Waals surface area contributed by atoms with Crippen molar-refractivity contribution in [2.24, 2.45) is 0 Å². The number of nitrogens with zero attached hydrogens (tertiary/aromatic N) is 2. The molecule has 0 bridgehead atoms. The quantitative estimate of drug-likeness (QED) is 0.873. The number of carbonyl (C=O) groups is 2. The van der Waals surface area contributed by atoms with Crippen LogP contribution in [0, 0.1) is 0 Å². The predicted molar refractivity (Wildman–Crippen MR) is 100 cm³/mol. The Kier molecular flexibility index (Phi) is 6.74. The molecule has 26 heavy (non-hydrogen) atoms. The van der Waals surface area contributed by atoms with Gasteiger partial charge in [0, 0.05) is 44.4 Å². The molecular weight excluding hydrogens is 354 g/mol. The summed E-state index contributed by atoms with van der Waals surface area (Å²) < 4.78 is 5.49. The van der Waals surface area contributed by atoms with Crippen LogP contribution in [0.25, 0.3) is 0 Å². The Hall–Kier alpha value is -1.79. The second-order valence-electron chi connectivity index (χ2n) is 6.78. The van der Waals surface area contributed by atoms with Gasteiger partial charge in [-0.2, -0.15) is 0 Å². The fourth-order valence-corrected chi connectivity index (χ4v) is 3.65. The molecule has 2 fully saturated rings. The van der Waals surface area contributed by atoms with Gasteiger partial charge in [0.15, 0.2) is 0 Å². The predicted octanol–water partition coefficient (Wildman–Crippen LogP) is 2.31. The average molecular weight is 380 g/mol. The molecule has 6 nitrogen and oxygen atoms in total. The normalized spacial score (nSPS) is 20.7. The van der Waals surface area contributed by atoms with E-state index in [1.165, 1.54) is 0 Å². The SMILES string of the molecule is O=C(NCCc1cccc(Cl)c1)N1CCCN(C(=O)[C@H]2CCCO2)CC1. The van der Waals surface area contributed by atoms with Crippen LogP contribution in [0.1, 0.15) is 24.8 Å². The Morgan fingerprint density at radius 3 is 2.73 bits per heavy atom. The van der Waals surface area contributed by atoms with Crippen molar-refractivity contribution in [1.82, 2.24) is 15.1 Å². The van der Waals surface area contributed by atoms with E-state index in [0.29, 0.717) is 44.4 Å². The van der Waals surface area contributed by atoms with Crippen LogP contribution in [0.3, 0.4) is 0 Å². The van der Waals surface area contributed by atoms with Crippen molar-refractivity contribution in [2.45, 2.75) is 31.8 Å². The number of urea groups is 1. The van der Waals surface area contributed by atoms with Gasteiger partial charge >= 0.3 is 6.03 Å². The lowest BCUT2D eigenvalue weighted by molar-refractivity contribution is -0.140. The molecule has 1 N–H and O–H groups in total. The maximum Gasteiger partial charge on any atom is 0.317 e. The maximum absolute atomic E-state index is 12.5. The summed E-state index contributed by atoms with van der Waals surface area (Å²) in [5.41, 5.74) is 1.10. The van der Waals surface area contributed by atoms with Crippen LogP contribution in [-0.4, -0.2) is 67.2 Å². The van der Waals surface area contributed by atoms with E-state index in [1.54, 1.807) is 4.90 Å². The number of amides is 3. The minimum absolute atomic E-state index is 0.0709. The van der Waals surface area contributed by atoms with Crippen molar-refractivity contribution in [3.05, 3.63) is 34.9 Å². The van der Waals surface area contributed by atoms with Gasteiger partial charge in [-0.1, -0.05) is 23.7 Å². The number of ether oxygens (including phenoxy) is 1. The first-order chi connectivity index (χ1) is 12.6. The fraction of sp³-hybridized carbons (Fsp3) is 0.579. The van der Waals surface area contributed by atoms with Gasteiger partial charge < -0.3 is 19.9 Å². The van der Waals surface area contributed by atoms with Gasteiger partial charge in [-0.25, -0.2) is 4.79 Å². The second-order valence-corrected chi connectivity index (χ2v) is 7.22. The molecule has 142 valence electrons. The van der Waals surface area contributed by atoms with Gasteiger partial charge in [0.25, 0.3) is 5.91 Å². The van der Waals surface area contributed by atoms with Gasteiger partial charge in [0.2, 0.25) is 0 Å². The molecule has 3 amide bonds. The van der Waals surface area contributed by atoms with Crippen LogP contribution in [0.4, 0.5) is 4.79 Å². The van der Waals surface area contributed by atoms with Crippen molar-refractivity contribution in [1.29, 1.82) is 0 Å². The first-order valence-electron chi connectivity index (χ1n) is 9.31. The number of benzene rings is 1. The van der Waals surface area contributed by atoms with E-state index in [0.717, 1.165) is 31.2 Å². The number of hydrogen-bond acceptors (Lipinski definition) is 3. The number of halogens is 1. The highest BCUT2D eigenvalue weighted by molar-refractivity contribution is 6.30. The van der Waals surface area contributed by atoms with Crippen LogP contribution in [0.15, 0.2) is 24.3 Å². The van der Waals surface area contributed by atoms with Gasteiger partial charge in [0.1, 0.15) is 6.10 Å². The van der Waals surface area contributed by atoms with Crippen molar-refractivity contribution in [2.75, 3.05) is 39.3 Å². The Bertz CT molecular complexity index is 634. The summed E-state index contributed by atoms with van der Waals surface area (Å²) in [6, 6.07) is 7.59. The third-order valence-electron chi connectivity index (χ3n) is 4.88. The van der Waals surface area contributed by atoms with E-state index in [1.807, 2.05) is 29.2 Å². The first kappa shape index (κ1) is 19.0. The smallest absolute Gasteiger partial charge is 0.317 e. The highest BCUT2D eigenvalue weighted by Crippen LogP contribution is 2.16. The van der Waals surface area contributed by atoms with Gasteiger partial charge in [-0.05, 0) is 43.4 Å². The van der Waals surface area contributed by atoms with Gasteiger partial charge in [-0.15, -0.1) is 0 Å². The zero-order chi connectivity index (χ0) is 18.4. The monoisotopic (exact) mass is 379 g/mol. The highest BCUT2D eigenvalue weighted by atomic mass is 35.5. The van der Waals surface area contributed by atoms with Crippen molar-refractivity contribution < 1.29 is 14.3 Å². The van der Waals surface area contributed by atoms with Crippen LogP contribution in [0.2, 0.25) is 5.02 Å². The Labute approximate surface area is 159 Å². The number of hydrogen-bond donors (Lipinski definition) is 1. The summed E-state index contributed by atoms with van der Waals surface area (Å²) in [4.78, 5) is 28.5. The zero-order valence-corrected chi connectivity index (χ0v) is 15.7. The topological polar surface area (TPSA) is 61.9 Å². The van der Waals surface area contributed by atoms with E-state index in [4.69, 9.17) is 16.3 Å². The molecule has 2 aliphatic heterocycles. The summed E-state index contributed by atoms with van der Waals surface area (Å²) >= 11 is 5.98. The molecule has 0 radical (unpaired) electrons. The zero-order valence-electron chi connectivity index (χ0n) is 15.0. The first-order valence-corrected chi connectivity index (χ1v) is 9.69. The molecule has 7 heteroatoms. The largest absolute Gasteiger partial charge is 0.368 e. The summed E-state index contributed by atoms with van der Waals surface area (Å²) in [6.45, 7) is 3.71. The molecule has 1 atom stereocenters. The van der Waals surface area contributed by atoms with E-state index in [-0.39, 0.29) is 18.0 Å². The summed E-state index contributed by atoms with van der Waals surface area (Å²) in [7, 11) is 0. The summed E-state index contributed by atoms with van der Waals surface area (Å²) in [5.74, 6) is 0.0747. The molecule has 0 aromatic heterocycles. The van der Waals surface area contributed by atoms with Crippen molar-refractivity contribution >= 4 is 23.5 Å². The molecule has 2 saturated heterocycles. The maximum atomic E-state index is 12.5. The van der Waals surface area contributed by atoms with Crippen LogP contribution in [0.5, 0.6) is 0 Å².